The highest BCUT2D eigenvalue weighted by Crippen LogP contribution is 2.31. The molecular formula is C16H11N3O3S. The third kappa shape index (κ3) is 2.05. The normalized spacial score (nSPS) is 11.3. The van der Waals surface area contributed by atoms with Crippen LogP contribution in [0.15, 0.2) is 41.2 Å². The van der Waals surface area contributed by atoms with Crippen LogP contribution in [0, 0.1) is 6.92 Å². The lowest BCUT2D eigenvalue weighted by Gasteiger charge is -2.06. The number of H-pyrrole nitrogens is 1. The number of benzene rings is 1. The fraction of sp³-hybridized carbons (Fsp3) is 0.0625. The minimum absolute atomic E-state index is 0.287. The fourth-order valence-electron chi connectivity index (χ4n) is 2.72. The van der Waals surface area contributed by atoms with Gasteiger partial charge < -0.3 is 5.11 Å². The van der Waals surface area contributed by atoms with E-state index in [1.54, 1.807) is 12.1 Å². The third-order valence-corrected chi connectivity index (χ3v) is 4.93. The number of carboxylic acids is 1. The molecule has 0 fully saturated rings. The van der Waals surface area contributed by atoms with Crippen LogP contribution in [0.4, 0.5) is 0 Å². The number of aromatic amines is 1. The Hall–Kier alpha value is -2.93. The van der Waals surface area contributed by atoms with E-state index in [1.807, 2.05) is 31.2 Å². The van der Waals surface area contributed by atoms with Crippen molar-refractivity contribution >= 4 is 33.9 Å². The molecule has 4 aromatic rings. The molecule has 0 spiro atoms. The van der Waals surface area contributed by atoms with Gasteiger partial charge in [0.15, 0.2) is 5.65 Å². The maximum atomic E-state index is 12.0. The zero-order chi connectivity index (χ0) is 16.1. The van der Waals surface area contributed by atoms with Crippen molar-refractivity contribution in [2.45, 2.75) is 6.92 Å². The monoisotopic (exact) mass is 325 g/mol. The van der Waals surface area contributed by atoms with Gasteiger partial charge in [-0.05, 0) is 42.3 Å². The first-order valence-corrected chi connectivity index (χ1v) is 7.70. The van der Waals surface area contributed by atoms with Gasteiger partial charge >= 0.3 is 11.7 Å². The fourth-order valence-corrected chi connectivity index (χ4v) is 3.56. The smallest absolute Gasteiger partial charge is 0.348 e. The van der Waals surface area contributed by atoms with Gasteiger partial charge in [0.2, 0.25) is 0 Å². The highest BCUT2D eigenvalue weighted by molar-refractivity contribution is 7.17. The molecule has 0 aliphatic rings. The summed E-state index contributed by atoms with van der Waals surface area (Å²) in [6.45, 7) is 1.97. The Morgan fingerprint density at radius 1 is 1.26 bits per heavy atom. The number of aryl methyl sites for hydroxylation is 1. The van der Waals surface area contributed by atoms with Crippen LogP contribution in [-0.4, -0.2) is 25.7 Å². The molecule has 1 aromatic carbocycles. The van der Waals surface area contributed by atoms with E-state index < -0.39 is 5.97 Å². The molecule has 0 saturated carbocycles. The van der Waals surface area contributed by atoms with E-state index in [0.717, 1.165) is 26.9 Å². The molecular weight excluding hydrogens is 314 g/mol. The van der Waals surface area contributed by atoms with Crippen LogP contribution in [-0.2, 0) is 0 Å². The van der Waals surface area contributed by atoms with Gasteiger partial charge in [-0.3, -0.25) is 0 Å². The Labute approximate surface area is 133 Å². The van der Waals surface area contributed by atoms with Gasteiger partial charge in [-0.25, -0.2) is 19.1 Å². The molecule has 0 aliphatic heterocycles. The number of aromatic nitrogens is 3. The summed E-state index contributed by atoms with van der Waals surface area (Å²) in [7, 11) is 0. The minimum atomic E-state index is -0.939. The predicted octanol–water partition coefficient (Wildman–Crippen LogP) is 2.91. The number of rotatable bonds is 2. The molecule has 0 unspecified atom stereocenters. The first-order valence-electron chi connectivity index (χ1n) is 6.88. The molecule has 3 heterocycles. The maximum Gasteiger partial charge on any atom is 0.348 e. The number of hydrogen-bond donors (Lipinski definition) is 2. The van der Waals surface area contributed by atoms with Gasteiger partial charge in [-0.15, -0.1) is 11.3 Å². The van der Waals surface area contributed by atoms with Crippen LogP contribution < -0.4 is 5.69 Å². The molecule has 23 heavy (non-hydrogen) atoms. The number of carbonyl (C=O) groups is 1. The molecule has 0 atom stereocenters. The van der Waals surface area contributed by atoms with Crippen LogP contribution in [0.3, 0.4) is 0 Å². The topological polar surface area (TPSA) is 87.5 Å². The van der Waals surface area contributed by atoms with Crippen LogP contribution in [0.25, 0.3) is 27.0 Å². The summed E-state index contributed by atoms with van der Waals surface area (Å²) in [5, 5.41) is 16.5. The lowest BCUT2D eigenvalue weighted by atomic mass is 10.1. The molecule has 0 bridgehead atoms. The van der Waals surface area contributed by atoms with Crippen LogP contribution in [0.1, 0.15) is 15.2 Å². The summed E-state index contributed by atoms with van der Waals surface area (Å²) in [6, 6.07) is 11.0. The number of nitrogens with zero attached hydrogens (tertiary/aromatic N) is 2. The van der Waals surface area contributed by atoms with Gasteiger partial charge in [-0.1, -0.05) is 12.1 Å². The molecule has 3 aromatic heterocycles. The van der Waals surface area contributed by atoms with Crippen molar-refractivity contribution in [1.29, 1.82) is 0 Å². The van der Waals surface area contributed by atoms with E-state index in [9.17, 15) is 9.59 Å². The van der Waals surface area contributed by atoms with Crippen molar-refractivity contribution in [2.24, 2.45) is 0 Å². The van der Waals surface area contributed by atoms with Gasteiger partial charge in [-0.2, -0.15) is 5.10 Å². The SMILES string of the molecule is Cc1cc2n[nH]c(=O)n2c2cc(-c3ccc(C(=O)O)s3)ccc12. The first-order chi connectivity index (χ1) is 11.0. The number of nitrogens with one attached hydrogen (secondary N) is 1. The van der Waals surface area contributed by atoms with E-state index in [4.69, 9.17) is 5.11 Å². The van der Waals surface area contributed by atoms with Crippen molar-refractivity contribution in [2.75, 3.05) is 0 Å². The number of hydrogen-bond acceptors (Lipinski definition) is 4. The third-order valence-electron chi connectivity index (χ3n) is 3.81. The number of fused-ring (bicyclic) bond motifs is 3. The van der Waals surface area contributed by atoms with Crippen molar-refractivity contribution < 1.29 is 9.90 Å². The first kappa shape index (κ1) is 13.7. The molecule has 6 nitrogen and oxygen atoms in total. The molecule has 114 valence electrons. The van der Waals surface area contributed by atoms with Crippen LogP contribution in [0.5, 0.6) is 0 Å². The Kier molecular flexibility index (Phi) is 2.85. The van der Waals surface area contributed by atoms with Gasteiger partial charge in [0.05, 0.1) is 5.52 Å². The Bertz CT molecular complexity index is 1140. The lowest BCUT2D eigenvalue weighted by Crippen LogP contribution is -2.10. The van der Waals surface area contributed by atoms with Crippen molar-refractivity contribution in [3.63, 3.8) is 0 Å². The van der Waals surface area contributed by atoms with E-state index in [0.29, 0.717) is 5.65 Å². The van der Waals surface area contributed by atoms with Crippen molar-refractivity contribution in [1.82, 2.24) is 14.6 Å². The van der Waals surface area contributed by atoms with E-state index in [-0.39, 0.29) is 10.6 Å². The van der Waals surface area contributed by atoms with Gasteiger partial charge in [0, 0.05) is 10.3 Å². The van der Waals surface area contributed by atoms with Crippen molar-refractivity contribution in [3.8, 4) is 10.4 Å². The highest BCUT2D eigenvalue weighted by atomic mass is 32.1. The number of carboxylic acid groups (broad SMARTS) is 1. The van der Waals surface area contributed by atoms with Gasteiger partial charge in [0.1, 0.15) is 4.88 Å². The number of pyridine rings is 1. The van der Waals surface area contributed by atoms with Crippen LogP contribution >= 0.6 is 11.3 Å². The number of aromatic carboxylic acids is 1. The molecule has 2 N–H and O–H groups in total. The summed E-state index contributed by atoms with van der Waals surface area (Å²) in [5.74, 6) is -0.939. The molecule has 4 rings (SSSR count). The summed E-state index contributed by atoms with van der Waals surface area (Å²) < 4.78 is 1.53. The molecule has 0 amide bonds. The second-order valence-electron chi connectivity index (χ2n) is 5.25. The zero-order valence-electron chi connectivity index (χ0n) is 12.0. The maximum absolute atomic E-state index is 12.0. The average molecular weight is 325 g/mol. The van der Waals surface area contributed by atoms with E-state index in [1.165, 1.54) is 15.7 Å². The average Bonchev–Trinajstić information content (AvgIpc) is 3.14. The van der Waals surface area contributed by atoms with Gasteiger partial charge in [0.25, 0.3) is 0 Å². The standard InChI is InChI=1S/C16H11N3O3S/c1-8-6-14-17-18-16(22)19(14)11-7-9(2-3-10(8)11)12-4-5-13(23-12)15(20)21/h2-7H,1H3,(H,18,22)(H,20,21). The Morgan fingerprint density at radius 2 is 2.09 bits per heavy atom. The summed E-state index contributed by atoms with van der Waals surface area (Å²) in [6.07, 6.45) is 0. The molecule has 7 heteroatoms. The summed E-state index contributed by atoms with van der Waals surface area (Å²) in [5.41, 5.74) is 2.92. The highest BCUT2D eigenvalue weighted by Gasteiger charge is 2.12. The lowest BCUT2D eigenvalue weighted by molar-refractivity contribution is 0.0702. The zero-order valence-corrected chi connectivity index (χ0v) is 12.8. The molecule has 0 saturated heterocycles. The molecule has 0 aliphatic carbocycles. The van der Waals surface area contributed by atoms with Crippen LogP contribution in [0.2, 0.25) is 0 Å². The quantitative estimate of drug-likeness (QED) is 0.593. The largest absolute Gasteiger partial charge is 0.477 e. The number of thiophene rings is 1. The minimum Gasteiger partial charge on any atom is -0.477 e. The Balaban J connectivity index is 2.02. The van der Waals surface area contributed by atoms with E-state index in [2.05, 4.69) is 10.2 Å². The molecule has 0 radical (unpaired) electrons. The summed E-state index contributed by atoms with van der Waals surface area (Å²) in [4.78, 5) is 24.2. The second kappa shape index (κ2) is 4.79. The van der Waals surface area contributed by atoms with Crippen molar-refractivity contribution in [3.05, 3.63) is 57.3 Å². The predicted molar refractivity (Wildman–Crippen MR) is 88.3 cm³/mol. The van der Waals surface area contributed by atoms with E-state index >= 15 is 0 Å². The summed E-state index contributed by atoms with van der Waals surface area (Å²) >= 11 is 1.21. The Morgan fingerprint density at radius 3 is 2.83 bits per heavy atom. The second-order valence-corrected chi connectivity index (χ2v) is 6.33.